The average Bonchev–Trinajstić information content (AvgIpc) is 3.17. The van der Waals surface area contributed by atoms with Gasteiger partial charge in [-0.1, -0.05) is 31.5 Å². The summed E-state index contributed by atoms with van der Waals surface area (Å²) in [5.74, 6) is -0.964. The Morgan fingerprint density at radius 3 is 2.34 bits per heavy atom. The van der Waals surface area contributed by atoms with Crippen LogP contribution in [0.15, 0.2) is 18.2 Å². The van der Waals surface area contributed by atoms with Crippen LogP contribution in [-0.2, 0) is 23.0 Å². The molecule has 3 N–H and O–H groups in total. The molecule has 1 aliphatic rings. The van der Waals surface area contributed by atoms with E-state index in [2.05, 4.69) is 15.2 Å². The summed E-state index contributed by atoms with van der Waals surface area (Å²) in [4.78, 5) is 13.0. The van der Waals surface area contributed by atoms with E-state index in [0.29, 0.717) is 32.2 Å². The van der Waals surface area contributed by atoms with E-state index < -0.39 is 46.3 Å². The number of carbonyl (C=O) groups excluding carboxylic acids is 1. The molecule has 1 aromatic carbocycles. The van der Waals surface area contributed by atoms with Crippen molar-refractivity contribution >= 4 is 27.5 Å². The van der Waals surface area contributed by atoms with Crippen LogP contribution in [0.25, 0.3) is 11.3 Å². The third-order valence-corrected chi connectivity index (χ3v) is 8.62. The van der Waals surface area contributed by atoms with Crippen LogP contribution in [-0.4, -0.2) is 49.2 Å². The van der Waals surface area contributed by atoms with Crippen LogP contribution < -0.4 is 15.2 Å². The monoisotopic (exact) mass is 628 g/mol. The molecule has 0 aliphatic heterocycles. The molecule has 1 aromatic heterocycles. The first kappa shape index (κ1) is 33.1. The van der Waals surface area contributed by atoms with Gasteiger partial charge >= 0.3 is 12.8 Å². The number of amides is 1. The molecule has 1 fully saturated rings. The highest BCUT2D eigenvalue weighted by atomic mass is 35.5. The van der Waals surface area contributed by atoms with E-state index in [1.54, 1.807) is 6.92 Å². The van der Waals surface area contributed by atoms with Gasteiger partial charge in [0.2, 0.25) is 10.0 Å². The molecule has 1 heterocycles. The minimum atomic E-state index is -4.52. The Kier molecular flexibility index (Phi) is 10.3. The fraction of sp³-hybridized carbons (Fsp3) is 0.615. The number of nitrogens with one attached hydrogen (secondary N) is 1. The number of primary sulfonamides is 1. The molecule has 15 heteroatoms. The standard InChI is InChI=1S/C26H34ClF5N4O4S/c1-4-36-22(18-10-9-17(11-19(18)40-24(28)29)12-25(2,3)26(30,31)32)20(27)21(35-36)23(37)34-13-15-5-7-16(8-6-15)14-41(33,38)39/h9-11,15-16,24H,4-8,12-14H2,1-3H3,(H,34,37)(H2,33,38,39). The Balaban J connectivity index is 1.82. The Bertz CT molecular complexity index is 1340. The maximum atomic E-state index is 13.4. The molecule has 0 saturated heterocycles. The first-order valence-corrected chi connectivity index (χ1v) is 15.2. The maximum absolute atomic E-state index is 13.4. The quantitative estimate of drug-likeness (QED) is 0.306. The van der Waals surface area contributed by atoms with Gasteiger partial charge in [0.05, 0.1) is 21.9 Å². The molecule has 41 heavy (non-hydrogen) atoms. The number of rotatable bonds is 11. The Morgan fingerprint density at radius 1 is 1.20 bits per heavy atom. The molecule has 0 atom stereocenters. The van der Waals surface area contributed by atoms with Gasteiger partial charge in [0, 0.05) is 18.7 Å². The van der Waals surface area contributed by atoms with Crippen molar-refractivity contribution in [3.05, 3.63) is 34.5 Å². The minimum absolute atomic E-state index is 0.0233. The molecule has 1 saturated carbocycles. The first-order chi connectivity index (χ1) is 18.9. The van der Waals surface area contributed by atoms with Crippen molar-refractivity contribution in [3.8, 4) is 17.0 Å². The number of ether oxygens (including phenoxy) is 1. The number of carbonyl (C=O) groups is 1. The molecular formula is C26H34ClF5N4O4S. The predicted octanol–water partition coefficient (Wildman–Crippen LogP) is 5.78. The third kappa shape index (κ3) is 8.54. The SMILES string of the molecule is CCn1nc(C(=O)NCC2CCC(CS(N)(=O)=O)CC2)c(Cl)c1-c1ccc(CC(C)(C)C(F)(F)F)cc1OC(F)F. The summed E-state index contributed by atoms with van der Waals surface area (Å²) in [6.45, 7) is 0.960. The highest BCUT2D eigenvalue weighted by molar-refractivity contribution is 7.89. The van der Waals surface area contributed by atoms with E-state index >= 15 is 0 Å². The molecule has 2 aromatic rings. The zero-order chi connectivity index (χ0) is 30.8. The van der Waals surface area contributed by atoms with E-state index in [1.807, 2.05) is 0 Å². The normalized spacial score (nSPS) is 18.5. The van der Waals surface area contributed by atoms with E-state index in [0.717, 1.165) is 19.9 Å². The number of halogens is 6. The van der Waals surface area contributed by atoms with E-state index in [-0.39, 0.29) is 51.7 Å². The van der Waals surface area contributed by atoms with Crippen molar-refractivity contribution in [1.29, 1.82) is 0 Å². The second kappa shape index (κ2) is 12.8. The lowest BCUT2D eigenvalue weighted by Crippen LogP contribution is -2.34. The van der Waals surface area contributed by atoms with Crippen LogP contribution in [0.3, 0.4) is 0 Å². The molecular weight excluding hydrogens is 595 g/mol. The number of benzene rings is 1. The molecule has 0 unspecified atom stereocenters. The Morgan fingerprint density at radius 2 is 1.80 bits per heavy atom. The lowest BCUT2D eigenvalue weighted by molar-refractivity contribution is -0.211. The van der Waals surface area contributed by atoms with Gasteiger partial charge in [-0.05, 0) is 68.6 Å². The van der Waals surface area contributed by atoms with Gasteiger partial charge in [-0.3, -0.25) is 9.48 Å². The molecule has 0 spiro atoms. The zero-order valence-corrected chi connectivity index (χ0v) is 24.5. The van der Waals surface area contributed by atoms with Crippen LogP contribution in [0.1, 0.15) is 62.5 Å². The molecule has 8 nitrogen and oxygen atoms in total. The number of aryl methyl sites for hydroxylation is 1. The van der Waals surface area contributed by atoms with Crippen molar-refractivity contribution in [2.75, 3.05) is 12.3 Å². The van der Waals surface area contributed by atoms with Crippen molar-refractivity contribution in [1.82, 2.24) is 15.1 Å². The van der Waals surface area contributed by atoms with Gasteiger partial charge in [0.15, 0.2) is 5.69 Å². The average molecular weight is 629 g/mol. The number of nitrogens with two attached hydrogens (primary N) is 1. The van der Waals surface area contributed by atoms with E-state index in [1.165, 1.54) is 16.8 Å². The minimum Gasteiger partial charge on any atom is -0.434 e. The van der Waals surface area contributed by atoms with Gasteiger partial charge < -0.3 is 10.1 Å². The fourth-order valence-electron chi connectivity index (χ4n) is 5.00. The second-order valence-corrected chi connectivity index (χ2v) is 13.1. The summed E-state index contributed by atoms with van der Waals surface area (Å²) < 4.78 is 95.6. The van der Waals surface area contributed by atoms with Gasteiger partial charge in [-0.25, -0.2) is 13.6 Å². The summed E-state index contributed by atoms with van der Waals surface area (Å²) in [5, 5.41) is 12.1. The number of nitrogens with zero attached hydrogens (tertiary/aromatic N) is 2. The topological polar surface area (TPSA) is 116 Å². The molecule has 3 rings (SSSR count). The van der Waals surface area contributed by atoms with Gasteiger partial charge in [0.1, 0.15) is 5.75 Å². The van der Waals surface area contributed by atoms with Crippen molar-refractivity contribution in [3.63, 3.8) is 0 Å². The van der Waals surface area contributed by atoms with Crippen molar-refractivity contribution < 1.29 is 39.9 Å². The van der Waals surface area contributed by atoms with Gasteiger partial charge in [-0.2, -0.15) is 27.1 Å². The smallest absolute Gasteiger partial charge is 0.394 e. The van der Waals surface area contributed by atoms with Gasteiger partial charge in [0.25, 0.3) is 5.91 Å². The largest absolute Gasteiger partial charge is 0.434 e. The summed E-state index contributed by atoms with van der Waals surface area (Å²) in [6.07, 6.45) is -2.27. The lowest BCUT2D eigenvalue weighted by atomic mass is 9.83. The summed E-state index contributed by atoms with van der Waals surface area (Å²) >= 11 is 6.55. The number of hydrogen-bond acceptors (Lipinski definition) is 5. The third-order valence-electron chi connectivity index (χ3n) is 7.33. The molecule has 230 valence electrons. The molecule has 1 aliphatic carbocycles. The summed E-state index contributed by atoms with van der Waals surface area (Å²) in [5.41, 5.74) is -1.98. The maximum Gasteiger partial charge on any atom is 0.394 e. The van der Waals surface area contributed by atoms with E-state index in [9.17, 15) is 35.2 Å². The number of sulfonamides is 1. The zero-order valence-electron chi connectivity index (χ0n) is 22.9. The number of aromatic nitrogens is 2. The van der Waals surface area contributed by atoms with Crippen LogP contribution in [0.4, 0.5) is 22.0 Å². The fourth-order valence-corrected chi connectivity index (χ4v) is 6.31. The van der Waals surface area contributed by atoms with E-state index in [4.69, 9.17) is 16.7 Å². The molecule has 0 bridgehead atoms. The number of hydrogen-bond donors (Lipinski definition) is 2. The Hall–Kier alpha value is -2.45. The van der Waals surface area contributed by atoms with Gasteiger partial charge in [-0.15, -0.1) is 0 Å². The van der Waals surface area contributed by atoms with Crippen molar-refractivity contribution in [2.45, 2.75) is 72.2 Å². The van der Waals surface area contributed by atoms with Crippen LogP contribution in [0.2, 0.25) is 5.02 Å². The molecule has 0 radical (unpaired) electrons. The molecule has 1 amide bonds. The highest BCUT2D eigenvalue weighted by Gasteiger charge is 2.47. The predicted molar refractivity (Wildman–Crippen MR) is 144 cm³/mol. The van der Waals surface area contributed by atoms with Crippen molar-refractivity contribution in [2.24, 2.45) is 22.4 Å². The summed E-state index contributed by atoms with van der Waals surface area (Å²) in [7, 11) is -3.55. The van der Waals surface area contributed by atoms with Crippen LogP contribution >= 0.6 is 11.6 Å². The summed E-state index contributed by atoms with van der Waals surface area (Å²) in [6, 6.07) is 3.82. The van der Waals surface area contributed by atoms with Crippen LogP contribution in [0.5, 0.6) is 5.75 Å². The number of alkyl halides is 5. The van der Waals surface area contributed by atoms with Crippen LogP contribution in [0, 0.1) is 17.3 Å². The Labute approximate surface area is 240 Å². The first-order valence-electron chi connectivity index (χ1n) is 13.1. The highest BCUT2D eigenvalue weighted by Crippen LogP contribution is 2.43. The lowest BCUT2D eigenvalue weighted by Gasteiger charge is -2.28. The second-order valence-electron chi connectivity index (χ2n) is 11.0.